The lowest BCUT2D eigenvalue weighted by Gasteiger charge is -2.35. The van der Waals surface area contributed by atoms with Gasteiger partial charge in [0.1, 0.15) is 11.6 Å². The summed E-state index contributed by atoms with van der Waals surface area (Å²) in [6, 6.07) is 2.51. The van der Waals surface area contributed by atoms with Gasteiger partial charge in [-0.3, -0.25) is 0 Å². The van der Waals surface area contributed by atoms with E-state index < -0.39 is 17.7 Å². The predicted molar refractivity (Wildman–Crippen MR) is 73.4 cm³/mol. The van der Waals surface area contributed by atoms with Crippen molar-refractivity contribution in [1.82, 2.24) is 4.90 Å². The van der Waals surface area contributed by atoms with Crippen LogP contribution in [0.5, 0.6) is 0 Å². The second-order valence-corrected chi connectivity index (χ2v) is 5.18. The fourth-order valence-corrected chi connectivity index (χ4v) is 2.57. The largest absolute Gasteiger partial charge is 0.326 e. The zero-order valence-corrected chi connectivity index (χ0v) is 11.4. The summed E-state index contributed by atoms with van der Waals surface area (Å²) in [7, 11) is 1.65. The van der Waals surface area contributed by atoms with E-state index in [0.717, 1.165) is 37.8 Å². The first-order valence-electron chi connectivity index (χ1n) is 6.73. The number of anilines is 1. The molecule has 6 heteroatoms. The topological polar surface area (TPSA) is 58.4 Å². The van der Waals surface area contributed by atoms with Crippen molar-refractivity contribution in [2.45, 2.75) is 37.8 Å². The quantitative estimate of drug-likeness (QED) is 0.876. The number of urea groups is 1. The number of benzene rings is 1. The molecule has 0 heterocycles. The number of rotatable bonds is 2. The third-order valence-corrected chi connectivity index (χ3v) is 3.77. The number of nitrogens with two attached hydrogens (primary N) is 1. The van der Waals surface area contributed by atoms with Crippen LogP contribution in [0.15, 0.2) is 18.2 Å². The highest BCUT2D eigenvalue weighted by atomic mass is 19.1. The standard InChI is InChI=1S/C14H19F2N3O/c1-19(13-5-3-2-4-11(13)17)14(20)18-12-7-6-9(15)8-10(12)16/h6-8,11,13H,2-5,17H2,1H3,(H,18,20). The average molecular weight is 283 g/mol. The van der Waals surface area contributed by atoms with E-state index in [1.165, 1.54) is 11.0 Å². The lowest BCUT2D eigenvalue weighted by molar-refractivity contribution is 0.174. The fourth-order valence-electron chi connectivity index (χ4n) is 2.57. The lowest BCUT2D eigenvalue weighted by Crippen LogP contribution is -2.51. The predicted octanol–water partition coefficient (Wildman–Crippen LogP) is 2.70. The molecular formula is C14H19F2N3O. The molecule has 1 aliphatic carbocycles. The molecular weight excluding hydrogens is 264 g/mol. The Morgan fingerprint density at radius 1 is 1.35 bits per heavy atom. The highest BCUT2D eigenvalue weighted by Gasteiger charge is 2.28. The molecule has 1 aliphatic rings. The highest BCUT2D eigenvalue weighted by molar-refractivity contribution is 5.89. The van der Waals surface area contributed by atoms with Crippen LogP contribution in [-0.2, 0) is 0 Å². The molecule has 20 heavy (non-hydrogen) atoms. The van der Waals surface area contributed by atoms with Crippen LogP contribution in [0, 0.1) is 11.6 Å². The third kappa shape index (κ3) is 3.25. The first-order chi connectivity index (χ1) is 9.49. The van der Waals surface area contributed by atoms with Crippen molar-refractivity contribution < 1.29 is 13.6 Å². The molecule has 0 saturated heterocycles. The van der Waals surface area contributed by atoms with Crippen LogP contribution in [0.1, 0.15) is 25.7 Å². The number of amides is 2. The molecule has 110 valence electrons. The molecule has 1 aromatic rings. The summed E-state index contributed by atoms with van der Waals surface area (Å²) >= 11 is 0. The second-order valence-electron chi connectivity index (χ2n) is 5.18. The summed E-state index contributed by atoms with van der Waals surface area (Å²) in [4.78, 5) is 13.6. The van der Waals surface area contributed by atoms with Crippen molar-refractivity contribution in [1.29, 1.82) is 0 Å². The molecule has 0 spiro atoms. The SMILES string of the molecule is CN(C(=O)Nc1ccc(F)cc1F)C1CCCCC1N. The average Bonchev–Trinajstić information content (AvgIpc) is 2.41. The van der Waals surface area contributed by atoms with Gasteiger partial charge in [-0.1, -0.05) is 12.8 Å². The van der Waals surface area contributed by atoms with Gasteiger partial charge in [0.2, 0.25) is 0 Å². The van der Waals surface area contributed by atoms with Gasteiger partial charge in [-0.15, -0.1) is 0 Å². The molecule has 1 saturated carbocycles. The minimum Gasteiger partial charge on any atom is -0.326 e. The molecule has 2 rings (SSSR count). The Bertz CT molecular complexity index is 495. The number of hydrogen-bond donors (Lipinski definition) is 2. The summed E-state index contributed by atoms with van der Waals surface area (Å²) < 4.78 is 26.3. The molecule has 0 aliphatic heterocycles. The molecule has 4 nitrogen and oxygen atoms in total. The Kier molecular flexibility index (Phi) is 4.54. The van der Waals surface area contributed by atoms with Crippen LogP contribution in [0.3, 0.4) is 0 Å². The van der Waals surface area contributed by atoms with E-state index in [0.29, 0.717) is 0 Å². The zero-order valence-electron chi connectivity index (χ0n) is 11.4. The molecule has 0 bridgehead atoms. The summed E-state index contributed by atoms with van der Waals surface area (Å²) in [6.45, 7) is 0. The van der Waals surface area contributed by atoms with Gasteiger partial charge in [0.05, 0.1) is 5.69 Å². The van der Waals surface area contributed by atoms with Crippen molar-refractivity contribution in [3.63, 3.8) is 0 Å². The fraction of sp³-hybridized carbons (Fsp3) is 0.500. The van der Waals surface area contributed by atoms with Crippen molar-refractivity contribution in [3.8, 4) is 0 Å². The maximum atomic E-state index is 13.5. The number of carbonyl (C=O) groups is 1. The lowest BCUT2D eigenvalue weighted by atomic mass is 9.90. The number of likely N-dealkylation sites (N-methyl/N-ethyl adjacent to an activating group) is 1. The van der Waals surface area contributed by atoms with Gasteiger partial charge in [0.15, 0.2) is 0 Å². The number of nitrogens with one attached hydrogen (secondary N) is 1. The molecule has 2 amide bonds. The van der Waals surface area contributed by atoms with E-state index in [-0.39, 0.29) is 17.8 Å². The van der Waals surface area contributed by atoms with Crippen LogP contribution in [0.4, 0.5) is 19.3 Å². The molecule has 0 aromatic heterocycles. The van der Waals surface area contributed by atoms with E-state index in [1.807, 2.05) is 0 Å². The Balaban J connectivity index is 2.03. The van der Waals surface area contributed by atoms with Crippen LogP contribution in [0.2, 0.25) is 0 Å². The molecule has 2 unspecified atom stereocenters. The third-order valence-electron chi connectivity index (χ3n) is 3.77. The van der Waals surface area contributed by atoms with Crippen LogP contribution in [0.25, 0.3) is 0 Å². The van der Waals surface area contributed by atoms with Crippen LogP contribution < -0.4 is 11.1 Å². The summed E-state index contributed by atoms with van der Waals surface area (Å²) in [5.41, 5.74) is 5.98. The Morgan fingerprint density at radius 3 is 2.70 bits per heavy atom. The highest BCUT2D eigenvalue weighted by Crippen LogP contribution is 2.22. The van der Waals surface area contributed by atoms with Gasteiger partial charge in [-0.05, 0) is 25.0 Å². The van der Waals surface area contributed by atoms with Gasteiger partial charge >= 0.3 is 6.03 Å². The number of carbonyl (C=O) groups excluding carboxylic acids is 1. The number of hydrogen-bond acceptors (Lipinski definition) is 2. The van der Waals surface area contributed by atoms with E-state index in [2.05, 4.69) is 5.32 Å². The minimum absolute atomic E-state index is 0.0346. The smallest absolute Gasteiger partial charge is 0.321 e. The van der Waals surface area contributed by atoms with Crippen molar-refractivity contribution in [3.05, 3.63) is 29.8 Å². The number of halogens is 2. The van der Waals surface area contributed by atoms with Gasteiger partial charge in [-0.2, -0.15) is 0 Å². The first kappa shape index (κ1) is 14.7. The van der Waals surface area contributed by atoms with Gasteiger partial charge < -0.3 is 16.0 Å². The molecule has 2 atom stereocenters. The maximum Gasteiger partial charge on any atom is 0.321 e. The summed E-state index contributed by atoms with van der Waals surface area (Å²) in [5, 5.41) is 2.44. The number of nitrogens with zero attached hydrogens (tertiary/aromatic N) is 1. The van der Waals surface area contributed by atoms with Crippen molar-refractivity contribution in [2.75, 3.05) is 12.4 Å². The zero-order chi connectivity index (χ0) is 14.7. The van der Waals surface area contributed by atoms with E-state index in [4.69, 9.17) is 5.73 Å². The summed E-state index contributed by atoms with van der Waals surface area (Å²) in [5.74, 6) is -1.47. The monoisotopic (exact) mass is 283 g/mol. The van der Waals surface area contributed by atoms with Crippen LogP contribution >= 0.6 is 0 Å². The van der Waals surface area contributed by atoms with Crippen LogP contribution in [-0.4, -0.2) is 30.1 Å². The molecule has 1 aromatic carbocycles. The Hall–Kier alpha value is -1.69. The maximum absolute atomic E-state index is 13.5. The van der Waals surface area contributed by atoms with Gasteiger partial charge in [-0.25, -0.2) is 13.6 Å². The minimum atomic E-state index is -0.792. The van der Waals surface area contributed by atoms with Gasteiger partial charge in [0, 0.05) is 25.2 Å². The second kappa shape index (κ2) is 6.17. The van der Waals surface area contributed by atoms with Crippen molar-refractivity contribution in [2.24, 2.45) is 5.73 Å². The van der Waals surface area contributed by atoms with E-state index in [9.17, 15) is 13.6 Å². The van der Waals surface area contributed by atoms with E-state index in [1.54, 1.807) is 7.05 Å². The first-order valence-corrected chi connectivity index (χ1v) is 6.73. The van der Waals surface area contributed by atoms with Gasteiger partial charge in [0.25, 0.3) is 0 Å². The van der Waals surface area contributed by atoms with Crippen molar-refractivity contribution >= 4 is 11.7 Å². The Morgan fingerprint density at radius 2 is 2.05 bits per heavy atom. The summed E-state index contributed by atoms with van der Waals surface area (Å²) in [6.07, 6.45) is 3.82. The molecule has 1 fully saturated rings. The normalized spacial score (nSPS) is 22.4. The van der Waals surface area contributed by atoms with E-state index >= 15 is 0 Å². The Labute approximate surface area is 116 Å². The molecule has 3 N–H and O–H groups in total. The molecule has 0 radical (unpaired) electrons.